The van der Waals surface area contributed by atoms with Gasteiger partial charge in [0, 0.05) is 4.88 Å². The molecule has 0 saturated heterocycles. The highest BCUT2D eigenvalue weighted by molar-refractivity contribution is 7.16. The van der Waals surface area contributed by atoms with E-state index in [1.807, 2.05) is 6.07 Å². The number of methoxy groups -OCH3 is 1. The maximum Gasteiger partial charge on any atom is 0.340 e. The smallest absolute Gasteiger partial charge is 0.340 e. The lowest BCUT2D eigenvalue weighted by Gasteiger charge is -1.95. The minimum atomic E-state index is -0.342. The lowest BCUT2D eigenvalue weighted by molar-refractivity contribution is 0.0602. The van der Waals surface area contributed by atoms with Crippen molar-refractivity contribution < 1.29 is 9.53 Å². The highest BCUT2D eigenvalue weighted by Crippen LogP contribution is 2.26. The summed E-state index contributed by atoms with van der Waals surface area (Å²) in [6, 6.07) is 1.85. The number of carbonyl (C=O) groups excluding carboxylic acids is 1. The Morgan fingerprint density at radius 1 is 1.53 bits per heavy atom. The number of rotatable bonds is 5. The zero-order valence-electron chi connectivity index (χ0n) is 9.21. The molecule has 1 aromatic heterocycles. The summed E-state index contributed by atoms with van der Waals surface area (Å²) in [6.07, 6.45) is 4.56. The van der Waals surface area contributed by atoms with Crippen molar-refractivity contribution in [3.63, 3.8) is 0 Å². The van der Waals surface area contributed by atoms with E-state index in [1.165, 1.54) is 36.2 Å². The van der Waals surface area contributed by atoms with Crippen LogP contribution in [0.1, 0.15) is 41.4 Å². The largest absolute Gasteiger partial charge is 0.465 e. The van der Waals surface area contributed by atoms with E-state index >= 15 is 0 Å². The molecular weight excluding hydrogens is 210 g/mol. The topological polar surface area (TPSA) is 52.3 Å². The summed E-state index contributed by atoms with van der Waals surface area (Å²) in [6.45, 7) is 2.17. The molecule has 15 heavy (non-hydrogen) atoms. The first-order chi connectivity index (χ1) is 7.19. The summed E-state index contributed by atoms with van der Waals surface area (Å²) in [5.74, 6) is -0.342. The molecule has 0 radical (unpaired) electrons. The van der Waals surface area contributed by atoms with Gasteiger partial charge in [0.05, 0.1) is 12.7 Å². The molecule has 0 fully saturated rings. The molecule has 0 saturated carbocycles. The van der Waals surface area contributed by atoms with Crippen LogP contribution in [0.4, 0.5) is 5.00 Å². The van der Waals surface area contributed by atoms with Crippen molar-refractivity contribution in [2.75, 3.05) is 12.8 Å². The third-order valence-electron chi connectivity index (χ3n) is 2.24. The van der Waals surface area contributed by atoms with Crippen molar-refractivity contribution in [1.82, 2.24) is 0 Å². The Labute approximate surface area is 94.2 Å². The van der Waals surface area contributed by atoms with Crippen LogP contribution >= 0.6 is 11.3 Å². The molecular formula is C11H17NO2S. The minimum Gasteiger partial charge on any atom is -0.465 e. The van der Waals surface area contributed by atoms with Crippen molar-refractivity contribution in [2.45, 2.75) is 32.6 Å². The van der Waals surface area contributed by atoms with Crippen LogP contribution in [0.5, 0.6) is 0 Å². The van der Waals surface area contributed by atoms with Crippen LogP contribution in [-0.2, 0) is 11.2 Å². The molecule has 0 bridgehead atoms. The number of anilines is 1. The molecule has 0 spiro atoms. The Kier molecular flexibility index (Phi) is 4.62. The summed E-state index contributed by atoms with van der Waals surface area (Å²) < 4.78 is 4.64. The molecule has 4 heteroatoms. The maximum absolute atomic E-state index is 11.3. The summed E-state index contributed by atoms with van der Waals surface area (Å²) in [4.78, 5) is 12.4. The van der Waals surface area contributed by atoms with Crippen LogP contribution < -0.4 is 5.73 Å². The van der Waals surface area contributed by atoms with Crippen LogP contribution in [0.3, 0.4) is 0 Å². The van der Waals surface area contributed by atoms with Crippen molar-refractivity contribution in [3.05, 3.63) is 16.5 Å². The molecule has 0 aliphatic rings. The molecule has 1 aromatic rings. The van der Waals surface area contributed by atoms with Gasteiger partial charge in [-0.15, -0.1) is 11.3 Å². The molecule has 1 rings (SSSR count). The van der Waals surface area contributed by atoms with Gasteiger partial charge in [-0.2, -0.15) is 0 Å². The van der Waals surface area contributed by atoms with Crippen LogP contribution in [0, 0.1) is 0 Å². The normalized spacial score (nSPS) is 10.3. The number of nitrogens with two attached hydrogens (primary N) is 1. The molecule has 0 unspecified atom stereocenters. The average Bonchev–Trinajstić information content (AvgIpc) is 2.59. The first-order valence-electron chi connectivity index (χ1n) is 5.15. The Hall–Kier alpha value is -1.03. The molecule has 0 aliphatic carbocycles. The number of nitrogen functional groups attached to an aromatic ring is 1. The summed E-state index contributed by atoms with van der Waals surface area (Å²) in [7, 11) is 1.37. The standard InChI is InChI=1S/C11H17NO2S/c1-3-4-5-6-8-7-9(10(12)15-8)11(13)14-2/h7H,3-6,12H2,1-2H3. The number of hydrogen-bond acceptors (Lipinski definition) is 4. The van der Waals surface area contributed by atoms with Gasteiger partial charge in [-0.05, 0) is 18.9 Å². The zero-order valence-corrected chi connectivity index (χ0v) is 10.0. The number of esters is 1. The van der Waals surface area contributed by atoms with Gasteiger partial charge in [-0.3, -0.25) is 0 Å². The number of aryl methyl sites for hydroxylation is 1. The predicted molar refractivity (Wildman–Crippen MR) is 63.3 cm³/mol. The zero-order chi connectivity index (χ0) is 11.3. The molecule has 0 aromatic carbocycles. The Balaban J connectivity index is 2.64. The lowest BCUT2D eigenvalue weighted by Crippen LogP contribution is -2.01. The number of unbranched alkanes of at least 4 members (excludes halogenated alkanes) is 2. The maximum atomic E-state index is 11.3. The van der Waals surface area contributed by atoms with Gasteiger partial charge in [0.25, 0.3) is 0 Å². The van der Waals surface area contributed by atoms with Crippen molar-refractivity contribution in [1.29, 1.82) is 0 Å². The minimum absolute atomic E-state index is 0.342. The van der Waals surface area contributed by atoms with Gasteiger partial charge >= 0.3 is 5.97 Å². The predicted octanol–water partition coefficient (Wildman–Crippen LogP) is 2.85. The van der Waals surface area contributed by atoms with Gasteiger partial charge < -0.3 is 10.5 Å². The fraction of sp³-hybridized carbons (Fsp3) is 0.545. The van der Waals surface area contributed by atoms with Gasteiger partial charge in [0.1, 0.15) is 5.00 Å². The average molecular weight is 227 g/mol. The second-order valence-electron chi connectivity index (χ2n) is 3.44. The molecule has 0 amide bonds. The van der Waals surface area contributed by atoms with E-state index in [-0.39, 0.29) is 5.97 Å². The fourth-order valence-electron chi connectivity index (χ4n) is 1.40. The van der Waals surface area contributed by atoms with Gasteiger partial charge in [-0.25, -0.2) is 4.79 Å². The highest BCUT2D eigenvalue weighted by Gasteiger charge is 2.13. The SMILES string of the molecule is CCCCCc1cc(C(=O)OC)c(N)s1. The Morgan fingerprint density at radius 3 is 2.87 bits per heavy atom. The third kappa shape index (κ3) is 3.23. The monoisotopic (exact) mass is 227 g/mol. The highest BCUT2D eigenvalue weighted by atomic mass is 32.1. The third-order valence-corrected chi connectivity index (χ3v) is 3.27. The van der Waals surface area contributed by atoms with E-state index in [0.717, 1.165) is 12.8 Å². The van der Waals surface area contributed by atoms with Gasteiger partial charge in [0.15, 0.2) is 0 Å². The summed E-state index contributed by atoms with van der Waals surface area (Å²) >= 11 is 1.49. The first-order valence-corrected chi connectivity index (χ1v) is 5.97. The molecule has 3 nitrogen and oxygen atoms in total. The van der Waals surface area contributed by atoms with Crippen LogP contribution in [0.2, 0.25) is 0 Å². The number of thiophene rings is 1. The lowest BCUT2D eigenvalue weighted by atomic mass is 10.1. The summed E-state index contributed by atoms with van der Waals surface area (Å²) in [5.41, 5.74) is 6.25. The van der Waals surface area contributed by atoms with E-state index < -0.39 is 0 Å². The second kappa shape index (κ2) is 5.75. The fourth-order valence-corrected chi connectivity index (χ4v) is 2.36. The van der Waals surface area contributed by atoms with Crippen LogP contribution in [-0.4, -0.2) is 13.1 Å². The molecule has 2 N–H and O–H groups in total. The van der Waals surface area contributed by atoms with Crippen LogP contribution in [0.15, 0.2) is 6.07 Å². The van der Waals surface area contributed by atoms with E-state index in [9.17, 15) is 4.79 Å². The number of carbonyl (C=O) groups is 1. The Morgan fingerprint density at radius 2 is 2.27 bits per heavy atom. The second-order valence-corrected chi connectivity index (χ2v) is 4.61. The van der Waals surface area contributed by atoms with Crippen molar-refractivity contribution in [2.24, 2.45) is 0 Å². The van der Waals surface area contributed by atoms with E-state index in [0.29, 0.717) is 10.6 Å². The number of ether oxygens (including phenoxy) is 1. The van der Waals surface area contributed by atoms with E-state index in [1.54, 1.807) is 0 Å². The van der Waals surface area contributed by atoms with Crippen molar-refractivity contribution >= 4 is 22.3 Å². The van der Waals surface area contributed by atoms with E-state index in [4.69, 9.17) is 5.73 Å². The summed E-state index contributed by atoms with van der Waals surface area (Å²) in [5, 5.41) is 0.563. The number of hydrogen-bond donors (Lipinski definition) is 1. The van der Waals surface area contributed by atoms with Gasteiger partial charge in [-0.1, -0.05) is 19.8 Å². The van der Waals surface area contributed by atoms with Crippen LogP contribution in [0.25, 0.3) is 0 Å². The van der Waals surface area contributed by atoms with Gasteiger partial charge in [0.2, 0.25) is 0 Å². The van der Waals surface area contributed by atoms with E-state index in [2.05, 4.69) is 11.7 Å². The van der Waals surface area contributed by atoms with Crippen molar-refractivity contribution in [3.8, 4) is 0 Å². The molecule has 0 atom stereocenters. The molecule has 0 aliphatic heterocycles. The first kappa shape index (κ1) is 12.0. The molecule has 84 valence electrons. The Bertz CT molecular complexity index is 333. The quantitative estimate of drug-likeness (QED) is 0.621. The molecule has 1 heterocycles.